The molecule has 158 valence electrons. The lowest BCUT2D eigenvalue weighted by Gasteiger charge is -2.11. The van der Waals surface area contributed by atoms with Crippen molar-refractivity contribution in [1.82, 2.24) is 5.43 Å². The zero-order valence-corrected chi connectivity index (χ0v) is 18.1. The number of amides is 1. The number of halogens is 2. The number of carbonyl (C=O) groups excluding carboxylic acids is 1. The third kappa shape index (κ3) is 6.60. The van der Waals surface area contributed by atoms with Crippen LogP contribution in [0.1, 0.15) is 21.5 Å². The van der Waals surface area contributed by atoms with Gasteiger partial charge in [0.2, 0.25) is 0 Å². The fourth-order valence-corrected chi connectivity index (χ4v) is 3.07. The van der Waals surface area contributed by atoms with Crippen LogP contribution in [0.4, 0.5) is 0 Å². The van der Waals surface area contributed by atoms with Crippen LogP contribution >= 0.6 is 23.2 Å². The first-order valence-electron chi connectivity index (χ1n) is 9.39. The molecule has 3 aromatic rings. The van der Waals surface area contributed by atoms with Crippen LogP contribution in [0.5, 0.6) is 11.5 Å². The third-order valence-electron chi connectivity index (χ3n) is 4.16. The Balaban J connectivity index is 1.61. The van der Waals surface area contributed by atoms with Gasteiger partial charge in [0.1, 0.15) is 24.7 Å². The Hall–Kier alpha value is -3.28. The van der Waals surface area contributed by atoms with E-state index in [1.165, 1.54) is 0 Å². The molecular weight excluding hydrogens is 435 g/mol. The maximum atomic E-state index is 12.6. The van der Waals surface area contributed by atoms with Crippen molar-refractivity contribution >= 4 is 35.3 Å². The first-order chi connectivity index (χ1) is 15.1. The zero-order valence-electron chi connectivity index (χ0n) is 16.6. The van der Waals surface area contributed by atoms with Crippen LogP contribution in [0.25, 0.3) is 0 Å². The highest BCUT2D eigenvalue weighted by Crippen LogP contribution is 2.24. The smallest absolute Gasteiger partial charge is 0.275 e. The van der Waals surface area contributed by atoms with Gasteiger partial charge in [-0.25, -0.2) is 5.43 Å². The van der Waals surface area contributed by atoms with Crippen molar-refractivity contribution in [3.63, 3.8) is 0 Å². The minimum absolute atomic E-state index is 0.198. The number of hydrazone groups is 1. The SMILES string of the molecule is C=CCOc1ccc(/C=N/NC(=O)c2ccccc2OCc2ccc(Cl)cc2Cl)cc1. The number of rotatable bonds is 9. The van der Waals surface area contributed by atoms with Gasteiger partial charge in [-0.1, -0.05) is 54.1 Å². The van der Waals surface area contributed by atoms with Gasteiger partial charge in [-0.05, 0) is 54.1 Å². The van der Waals surface area contributed by atoms with Crippen LogP contribution in [0.3, 0.4) is 0 Å². The van der Waals surface area contributed by atoms with E-state index >= 15 is 0 Å². The molecule has 0 spiro atoms. The molecule has 0 unspecified atom stereocenters. The summed E-state index contributed by atoms with van der Waals surface area (Å²) in [7, 11) is 0. The lowest BCUT2D eigenvalue weighted by Crippen LogP contribution is -2.18. The molecule has 1 N–H and O–H groups in total. The van der Waals surface area contributed by atoms with Gasteiger partial charge in [0.25, 0.3) is 5.91 Å². The van der Waals surface area contributed by atoms with Crippen molar-refractivity contribution in [2.75, 3.05) is 6.61 Å². The zero-order chi connectivity index (χ0) is 22.1. The molecule has 1 amide bonds. The molecular formula is C24H20Cl2N2O3. The van der Waals surface area contributed by atoms with E-state index in [-0.39, 0.29) is 12.5 Å². The Bertz CT molecular complexity index is 1080. The molecule has 7 heteroatoms. The number of nitrogens with zero attached hydrogens (tertiary/aromatic N) is 1. The molecule has 0 aliphatic carbocycles. The maximum Gasteiger partial charge on any atom is 0.275 e. The van der Waals surface area contributed by atoms with Gasteiger partial charge in [-0.3, -0.25) is 4.79 Å². The van der Waals surface area contributed by atoms with Gasteiger partial charge in [0.05, 0.1) is 11.8 Å². The highest BCUT2D eigenvalue weighted by Gasteiger charge is 2.12. The Kier molecular flexibility index (Phi) is 8.10. The van der Waals surface area contributed by atoms with Crippen molar-refractivity contribution in [1.29, 1.82) is 0 Å². The van der Waals surface area contributed by atoms with Gasteiger partial charge < -0.3 is 9.47 Å². The summed E-state index contributed by atoms with van der Waals surface area (Å²) in [5.74, 6) is 0.762. The first-order valence-corrected chi connectivity index (χ1v) is 10.2. The van der Waals surface area contributed by atoms with Crippen molar-refractivity contribution in [2.24, 2.45) is 5.10 Å². The third-order valence-corrected chi connectivity index (χ3v) is 4.74. The summed E-state index contributed by atoms with van der Waals surface area (Å²) in [5.41, 5.74) is 4.45. The average Bonchev–Trinajstić information content (AvgIpc) is 2.78. The lowest BCUT2D eigenvalue weighted by atomic mass is 10.2. The van der Waals surface area contributed by atoms with Gasteiger partial charge >= 0.3 is 0 Å². The van der Waals surface area contributed by atoms with Crippen molar-refractivity contribution in [3.8, 4) is 11.5 Å². The van der Waals surface area contributed by atoms with Crippen LogP contribution in [-0.2, 0) is 6.61 Å². The highest BCUT2D eigenvalue weighted by molar-refractivity contribution is 6.35. The topological polar surface area (TPSA) is 59.9 Å². The van der Waals surface area contributed by atoms with Gasteiger partial charge in [-0.15, -0.1) is 0 Å². The van der Waals surface area contributed by atoms with E-state index in [0.29, 0.717) is 28.0 Å². The molecule has 5 nitrogen and oxygen atoms in total. The van der Waals surface area contributed by atoms with Gasteiger partial charge in [-0.2, -0.15) is 5.10 Å². The minimum atomic E-state index is -0.389. The first kappa shape index (κ1) is 22.4. The van der Waals surface area contributed by atoms with E-state index in [2.05, 4.69) is 17.1 Å². The molecule has 0 radical (unpaired) electrons. The second kappa shape index (κ2) is 11.2. The standard InChI is InChI=1S/C24H20Cl2N2O3/c1-2-13-30-20-11-7-17(8-12-20)15-27-28-24(29)21-5-3-4-6-23(21)31-16-18-9-10-19(25)14-22(18)26/h2-12,14-15H,1,13,16H2,(H,28,29)/b27-15+. The van der Waals surface area contributed by atoms with Crippen LogP contribution in [-0.4, -0.2) is 18.7 Å². The van der Waals surface area contributed by atoms with Crippen molar-refractivity contribution in [3.05, 3.63) is 106 Å². The molecule has 0 saturated carbocycles. The van der Waals surface area contributed by atoms with E-state index in [1.54, 1.807) is 54.8 Å². The molecule has 3 aromatic carbocycles. The van der Waals surface area contributed by atoms with Crippen LogP contribution in [0.2, 0.25) is 10.0 Å². The van der Waals surface area contributed by atoms with Crippen molar-refractivity contribution in [2.45, 2.75) is 6.61 Å². The highest BCUT2D eigenvalue weighted by atomic mass is 35.5. The normalized spacial score (nSPS) is 10.6. The van der Waals surface area contributed by atoms with Gasteiger partial charge in [0.15, 0.2) is 0 Å². The lowest BCUT2D eigenvalue weighted by molar-refractivity contribution is 0.0950. The van der Waals surface area contributed by atoms with Gasteiger partial charge in [0, 0.05) is 15.6 Å². The number of ether oxygens (including phenoxy) is 2. The van der Waals surface area contributed by atoms with Crippen LogP contribution in [0, 0.1) is 0 Å². The van der Waals surface area contributed by atoms with Crippen molar-refractivity contribution < 1.29 is 14.3 Å². The molecule has 0 aliphatic rings. The number of hydrogen-bond donors (Lipinski definition) is 1. The number of hydrogen-bond acceptors (Lipinski definition) is 4. The summed E-state index contributed by atoms with van der Waals surface area (Å²) >= 11 is 12.1. The van der Waals surface area contributed by atoms with E-state index in [9.17, 15) is 4.79 Å². The Morgan fingerprint density at radius 3 is 2.55 bits per heavy atom. The predicted molar refractivity (Wildman–Crippen MR) is 124 cm³/mol. The fourth-order valence-electron chi connectivity index (χ4n) is 2.61. The van der Waals surface area contributed by atoms with E-state index in [4.69, 9.17) is 32.7 Å². The molecule has 0 heterocycles. The Labute approximate surface area is 190 Å². The number of para-hydroxylation sites is 1. The molecule has 0 fully saturated rings. The van der Waals surface area contributed by atoms with Crippen LogP contribution < -0.4 is 14.9 Å². The number of carbonyl (C=O) groups is 1. The molecule has 31 heavy (non-hydrogen) atoms. The Morgan fingerprint density at radius 2 is 1.81 bits per heavy atom. The average molecular weight is 455 g/mol. The van der Waals surface area contributed by atoms with E-state index in [1.807, 2.05) is 24.3 Å². The molecule has 3 rings (SSSR count). The quantitative estimate of drug-likeness (QED) is 0.248. The minimum Gasteiger partial charge on any atom is -0.490 e. The number of nitrogens with one attached hydrogen (secondary N) is 1. The molecule has 0 aromatic heterocycles. The molecule has 0 bridgehead atoms. The summed E-state index contributed by atoms with van der Waals surface area (Å²) < 4.78 is 11.2. The van der Waals surface area contributed by atoms with E-state index < -0.39 is 0 Å². The second-order valence-electron chi connectivity index (χ2n) is 6.39. The summed E-state index contributed by atoms with van der Waals surface area (Å²) in [6, 6.07) is 19.4. The molecule has 0 atom stereocenters. The predicted octanol–water partition coefficient (Wildman–Crippen LogP) is 5.90. The fraction of sp³-hybridized carbons (Fsp3) is 0.0833. The summed E-state index contributed by atoms with van der Waals surface area (Å²) in [5, 5.41) is 5.07. The summed E-state index contributed by atoms with van der Waals surface area (Å²) in [6.07, 6.45) is 3.22. The number of benzene rings is 3. The van der Waals surface area contributed by atoms with Crippen LogP contribution in [0.15, 0.2) is 84.5 Å². The summed E-state index contributed by atoms with van der Waals surface area (Å²) in [4.78, 5) is 12.6. The largest absolute Gasteiger partial charge is 0.490 e. The Morgan fingerprint density at radius 1 is 1.03 bits per heavy atom. The maximum absolute atomic E-state index is 12.6. The second-order valence-corrected chi connectivity index (χ2v) is 7.23. The van der Waals surface area contributed by atoms with E-state index in [0.717, 1.165) is 16.9 Å². The summed E-state index contributed by atoms with van der Waals surface area (Å²) in [6.45, 7) is 4.25. The monoisotopic (exact) mass is 454 g/mol. The molecule has 0 aliphatic heterocycles. The molecule has 0 saturated heterocycles.